The van der Waals surface area contributed by atoms with Gasteiger partial charge in [-0.15, -0.1) is 0 Å². The third-order valence-electron chi connectivity index (χ3n) is 3.86. The van der Waals surface area contributed by atoms with Crippen molar-refractivity contribution in [1.29, 1.82) is 0 Å². The number of hydrogen-bond donors (Lipinski definition) is 4. The maximum Gasteiger partial charge on any atom is 0.414 e. The highest BCUT2D eigenvalue weighted by Gasteiger charge is 2.21. The third kappa shape index (κ3) is 8.80. The molecule has 0 aliphatic carbocycles. The van der Waals surface area contributed by atoms with Gasteiger partial charge in [-0.3, -0.25) is 9.69 Å². The normalized spacial score (nSPS) is 20.8. The largest absolute Gasteiger partial charge is 0.473 e. The van der Waals surface area contributed by atoms with Gasteiger partial charge in [0, 0.05) is 19.6 Å². The number of carboxylic acids is 2. The molecule has 0 saturated carbocycles. The first-order chi connectivity index (χ1) is 11.5. The molecule has 1 unspecified atom stereocenters. The number of rotatable bonds is 6. The van der Waals surface area contributed by atoms with Crippen LogP contribution in [-0.4, -0.2) is 84.9 Å². The number of aliphatic carboxylic acids is 2. The van der Waals surface area contributed by atoms with E-state index in [1.807, 2.05) is 0 Å². The van der Waals surface area contributed by atoms with Crippen molar-refractivity contribution in [3.8, 4) is 0 Å². The van der Waals surface area contributed by atoms with Gasteiger partial charge in [-0.1, -0.05) is 0 Å². The molecule has 0 bridgehead atoms. The van der Waals surface area contributed by atoms with Gasteiger partial charge in [0.15, 0.2) is 0 Å². The van der Waals surface area contributed by atoms with E-state index in [4.69, 9.17) is 24.5 Å². The molecule has 2 aliphatic heterocycles. The number of carbonyl (C=O) groups is 3. The molecule has 1 atom stereocenters. The van der Waals surface area contributed by atoms with Crippen molar-refractivity contribution in [2.45, 2.75) is 31.7 Å². The van der Waals surface area contributed by atoms with Gasteiger partial charge in [-0.25, -0.2) is 9.59 Å². The van der Waals surface area contributed by atoms with E-state index in [1.165, 1.54) is 0 Å². The Balaban J connectivity index is 0.000000413. The first-order valence-electron chi connectivity index (χ1n) is 8.28. The predicted molar refractivity (Wildman–Crippen MR) is 85.8 cm³/mol. The van der Waals surface area contributed by atoms with E-state index in [-0.39, 0.29) is 11.9 Å². The SMILES string of the molecule is O=C(NCCCCN1CCOCC1)C1CCCN1.O=C(O)C(=O)O. The summed E-state index contributed by atoms with van der Waals surface area (Å²) in [5.74, 6) is -3.47. The second kappa shape index (κ2) is 11.8. The maximum absolute atomic E-state index is 11.7. The van der Waals surface area contributed by atoms with E-state index in [0.717, 1.165) is 71.6 Å². The first-order valence-corrected chi connectivity index (χ1v) is 8.28. The predicted octanol–water partition coefficient (Wildman–Crippen LogP) is -0.877. The highest BCUT2D eigenvalue weighted by atomic mass is 16.5. The molecule has 0 radical (unpaired) electrons. The number of hydrogen-bond acceptors (Lipinski definition) is 6. The van der Waals surface area contributed by atoms with Gasteiger partial charge in [-0.05, 0) is 38.8 Å². The lowest BCUT2D eigenvalue weighted by Gasteiger charge is -2.26. The van der Waals surface area contributed by atoms with Crippen LogP contribution in [0.15, 0.2) is 0 Å². The second-order valence-electron chi connectivity index (χ2n) is 5.71. The Morgan fingerprint density at radius 3 is 2.33 bits per heavy atom. The van der Waals surface area contributed by atoms with Crippen molar-refractivity contribution < 1.29 is 29.3 Å². The van der Waals surface area contributed by atoms with E-state index in [0.29, 0.717) is 0 Å². The number of morpholine rings is 1. The van der Waals surface area contributed by atoms with Crippen LogP contribution in [0, 0.1) is 0 Å². The Labute approximate surface area is 141 Å². The zero-order chi connectivity index (χ0) is 17.8. The summed E-state index contributed by atoms with van der Waals surface area (Å²) in [6.45, 7) is 6.75. The minimum Gasteiger partial charge on any atom is -0.473 e. The van der Waals surface area contributed by atoms with E-state index in [9.17, 15) is 4.79 Å². The van der Waals surface area contributed by atoms with Gasteiger partial charge < -0.3 is 25.6 Å². The Morgan fingerprint density at radius 1 is 1.12 bits per heavy atom. The van der Waals surface area contributed by atoms with Crippen molar-refractivity contribution in [2.24, 2.45) is 0 Å². The highest BCUT2D eigenvalue weighted by molar-refractivity contribution is 6.27. The summed E-state index contributed by atoms with van der Waals surface area (Å²) in [5.41, 5.74) is 0. The summed E-state index contributed by atoms with van der Waals surface area (Å²) in [7, 11) is 0. The minimum absolute atomic E-state index is 0.0595. The van der Waals surface area contributed by atoms with Crippen LogP contribution in [0.3, 0.4) is 0 Å². The number of amides is 1. The van der Waals surface area contributed by atoms with Crippen LogP contribution in [0.2, 0.25) is 0 Å². The second-order valence-corrected chi connectivity index (χ2v) is 5.71. The molecule has 9 nitrogen and oxygen atoms in total. The molecule has 4 N–H and O–H groups in total. The molecule has 9 heteroatoms. The lowest BCUT2D eigenvalue weighted by molar-refractivity contribution is -0.159. The Morgan fingerprint density at radius 2 is 1.79 bits per heavy atom. The zero-order valence-corrected chi connectivity index (χ0v) is 13.8. The average molecular weight is 345 g/mol. The minimum atomic E-state index is -1.82. The fourth-order valence-corrected chi connectivity index (χ4v) is 2.53. The summed E-state index contributed by atoms with van der Waals surface area (Å²) < 4.78 is 5.31. The summed E-state index contributed by atoms with van der Waals surface area (Å²) in [6, 6.07) is 0.0595. The molecule has 2 heterocycles. The molecule has 2 aliphatic rings. The fraction of sp³-hybridized carbons (Fsp3) is 0.800. The van der Waals surface area contributed by atoms with Gasteiger partial charge in [0.25, 0.3) is 0 Å². The topological polar surface area (TPSA) is 128 Å². The Kier molecular flexibility index (Phi) is 9.97. The molecule has 0 spiro atoms. The van der Waals surface area contributed by atoms with Crippen LogP contribution in [0.25, 0.3) is 0 Å². The summed E-state index contributed by atoms with van der Waals surface area (Å²) >= 11 is 0. The first kappa shape index (κ1) is 20.3. The number of nitrogens with one attached hydrogen (secondary N) is 2. The van der Waals surface area contributed by atoms with Crippen molar-refractivity contribution >= 4 is 17.8 Å². The fourth-order valence-electron chi connectivity index (χ4n) is 2.53. The van der Waals surface area contributed by atoms with Gasteiger partial charge >= 0.3 is 11.9 Å². The standard InChI is InChI=1S/C13H25N3O2.C2H2O4/c17-13(12-4-3-6-14-12)15-5-1-2-7-16-8-10-18-11-9-16;3-1(4)2(5)6/h12,14H,1-11H2,(H,15,17);(H,3,4)(H,5,6). The summed E-state index contributed by atoms with van der Waals surface area (Å²) in [4.78, 5) is 32.3. The van der Waals surface area contributed by atoms with E-state index in [2.05, 4.69) is 15.5 Å². The van der Waals surface area contributed by atoms with Crippen LogP contribution < -0.4 is 10.6 Å². The molecule has 2 rings (SSSR count). The van der Waals surface area contributed by atoms with E-state index >= 15 is 0 Å². The van der Waals surface area contributed by atoms with Gasteiger partial charge in [0.1, 0.15) is 0 Å². The van der Waals surface area contributed by atoms with E-state index < -0.39 is 11.9 Å². The highest BCUT2D eigenvalue weighted by Crippen LogP contribution is 2.04. The lowest BCUT2D eigenvalue weighted by atomic mass is 10.2. The van der Waals surface area contributed by atoms with Crippen LogP contribution in [0.4, 0.5) is 0 Å². The van der Waals surface area contributed by atoms with Crippen molar-refractivity contribution in [3.05, 3.63) is 0 Å². The third-order valence-corrected chi connectivity index (χ3v) is 3.86. The molecular weight excluding hydrogens is 318 g/mol. The Hall–Kier alpha value is -1.71. The Bertz CT molecular complexity index is 394. The number of ether oxygens (including phenoxy) is 1. The maximum atomic E-state index is 11.7. The van der Waals surface area contributed by atoms with Gasteiger partial charge in [0.2, 0.25) is 5.91 Å². The molecule has 0 aromatic rings. The molecule has 1 amide bonds. The number of carboxylic acid groups (broad SMARTS) is 2. The van der Waals surface area contributed by atoms with Crippen molar-refractivity contribution in [1.82, 2.24) is 15.5 Å². The van der Waals surface area contributed by atoms with Crippen molar-refractivity contribution in [2.75, 3.05) is 45.9 Å². The average Bonchev–Trinajstić information content (AvgIpc) is 3.10. The van der Waals surface area contributed by atoms with Crippen molar-refractivity contribution in [3.63, 3.8) is 0 Å². The number of nitrogens with zero attached hydrogens (tertiary/aromatic N) is 1. The van der Waals surface area contributed by atoms with Crippen LogP contribution in [-0.2, 0) is 19.1 Å². The van der Waals surface area contributed by atoms with Crippen LogP contribution >= 0.6 is 0 Å². The molecular formula is C15H27N3O6. The smallest absolute Gasteiger partial charge is 0.414 e. The monoisotopic (exact) mass is 345 g/mol. The lowest BCUT2D eigenvalue weighted by Crippen LogP contribution is -2.41. The summed E-state index contributed by atoms with van der Waals surface area (Å²) in [6.07, 6.45) is 4.32. The quantitative estimate of drug-likeness (QED) is 0.361. The molecule has 0 aromatic heterocycles. The molecule has 2 saturated heterocycles. The molecule has 24 heavy (non-hydrogen) atoms. The molecule has 2 fully saturated rings. The van der Waals surface area contributed by atoms with Gasteiger partial charge in [0.05, 0.1) is 19.3 Å². The summed E-state index contributed by atoms with van der Waals surface area (Å²) in [5, 5.41) is 21.0. The number of unbranched alkanes of at least 4 members (excludes halogenated alkanes) is 1. The van der Waals surface area contributed by atoms with Gasteiger partial charge in [-0.2, -0.15) is 0 Å². The molecule has 0 aromatic carbocycles. The van der Waals surface area contributed by atoms with E-state index in [1.54, 1.807) is 0 Å². The zero-order valence-electron chi connectivity index (χ0n) is 13.8. The molecule has 138 valence electrons. The van der Waals surface area contributed by atoms with Crippen LogP contribution in [0.5, 0.6) is 0 Å². The van der Waals surface area contributed by atoms with Crippen LogP contribution in [0.1, 0.15) is 25.7 Å². The number of carbonyl (C=O) groups excluding carboxylic acids is 1.